The Balaban J connectivity index is 3.34. The second kappa shape index (κ2) is 5.42. The number of aromatic nitrogens is 1. The van der Waals surface area contributed by atoms with Crippen LogP contribution in [-0.4, -0.2) is 24.7 Å². The summed E-state index contributed by atoms with van der Waals surface area (Å²) in [6.07, 6.45) is -2.89. The van der Waals surface area contributed by atoms with Crippen LogP contribution in [0.3, 0.4) is 0 Å². The van der Waals surface area contributed by atoms with Gasteiger partial charge in [0.25, 0.3) is 12.0 Å². The second-order valence-electron chi connectivity index (χ2n) is 3.02. The van der Waals surface area contributed by atoms with Crippen LogP contribution >= 0.6 is 0 Å². The molecule has 94 valence electrons. The van der Waals surface area contributed by atoms with E-state index >= 15 is 0 Å². The van der Waals surface area contributed by atoms with E-state index < -0.39 is 23.6 Å². The number of hydrogen-bond donors (Lipinski definition) is 1. The Labute approximate surface area is 95.4 Å². The maximum Gasteiger partial charge on any atom is 0.342 e. The van der Waals surface area contributed by atoms with E-state index in [9.17, 15) is 18.4 Å². The molecule has 1 heterocycles. The Morgan fingerprint density at radius 1 is 1.53 bits per heavy atom. The number of rotatable bonds is 4. The van der Waals surface area contributed by atoms with Crippen molar-refractivity contribution < 1.29 is 23.0 Å². The number of carbonyl (C=O) groups is 1. The molecule has 5 nitrogen and oxygen atoms in total. The molecule has 17 heavy (non-hydrogen) atoms. The predicted molar refractivity (Wildman–Crippen MR) is 54.5 cm³/mol. The number of methoxy groups -OCH3 is 1. The molecule has 0 unspecified atom stereocenters. The molecule has 0 atom stereocenters. The van der Waals surface area contributed by atoms with Crippen molar-refractivity contribution in [2.75, 3.05) is 13.7 Å². The first-order valence-corrected chi connectivity index (χ1v) is 4.77. The number of H-pyrrole nitrogens is 1. The Bertz CT molecular complexity index is 470. The highest BCUT2D eigenvalue weighted by Gasteiger charge is 2.21. The molecule has 0 aromatic carbocycles. The lowest BCUT2D eigenvalue weighted by Crippen LogP contribution is -2.18. The number of halogens is 2. The first-order valence-electron chi connectivity index (χ1n) is 4.77. The maximum atomic E-state index is 12.4. The minimum atomic E-state index is -2.89. The van der Waals surface area contributed by atoms with Crippen LogP contribution in [0.1, 0.15) is 29.4 Å². The number of hydrogen-bond acceptors (Lipinski definition) is 4. The van der Waals surface area contributed by atoms with Gasteiger partial charge in [-0.3, -0.25) is 4.79 Å². The Morgan fingerprint density at radius 2 is 2.18 bits per heavy atom. The van der Waals surface area contributed by atoms with Crippen LogP contribution in [-0.2, 0) is 4.74 Å². The molecule has 1 rings (SSSR count). The summed E-state index contributed by atoms with van der Waals surface area (Å²) in [4.78, 5) is 24.8. The minimum Gasteiger partial charge on any atom is -0.490 e. The fourth-order valence-electron chi connectivity index (χ4n) is 1.25. The molecule has 0 bridgehead atoms. The molecule has 1 aromatic rings. The number of aromatic amines is 1. The molecule has 1 aromatic heterocycles. The molecule has 0 saturated heterocycles. The molecule has 0 saturated carbocycles. The zero-order valence-corrected chi connectivity index (χ0v) is 9.25. The molecular formula is C10H11F2NO4. The van der Waals surface area contributed by atoms with Gasteiger partial charge in [-0.2, -0.15) is 0 Å². The fraction of sp³-hybridized carbons (Fsp3) is 0.400. The third-order valence-corrected chi connectivity index (χ3v) is 1.94. The standard InChI is InChI=1S/C10H11F2NO4/c1-3-17-10(15)5-4-6(8(11)12)13-9(14)7(5)16-2/h4,8H,3H2,1-2H3,(H,13,14). The van der Waals surface area contributed by atoms with Crippen LogP contribution in [0, 0.1) is 0 Å². The van der Waals surface area contributed by atoms with Crippen LogP contribution < -0.4 is 10.3 Å². The quantitative estimate of drug-likeness (QED) is 0.818. The smallest absolute Gasteiger partial charge is 0.342 e. The van der Waals surface area contributed by atoms with E-state index in [1.165, 1.54) is 0 Å². The predicted octanol–water partition coefficient (Wildman–Crippen LogP) is 1.50. The lowest BCUT2D eigenvalue weighted by atomic mass is 10.2. The molecule has 7 heteroatoms. The van der Waals surface area contributed by atoms with E-state index in [-0.39, 0.29) is 17.9 Å². The fourth-order valence-corrected chi connectivity index (χ4v) is 1.25. The van der Waals surface area contributed by atoms with Crippen LogP contribution in [0.2, 0.25) is 0 Å². The molecular weight excluding hydrogens is 236 g/mol. The van der Waals surface area contributed by atoms with Crippen molar-refractivity contribution in [2.45, 2.75) is 13.3 Å². The largest absolute Gasteiger partial charge is 0.490 e. The van der Waals surface area contributed by atoms with Gasteiger partial charge < -0.3 is 14.5 Å². The molecule has 0 spiro atoms. The summed E-state index contributed by atoms with van der Waals surface area (Å²) >= 11 is 0. The average Bonchev–Trinajstić information content (AvgIpc) is 2.28. The topological polar surface area (TPSA) is 68.4 Å². The van der Waals surface area contributed by atoms with Crippen molar-refractivity contribution >= 4 is 5.97 Å². The summed E-state index contributed by atoms with van der Waals surface area (Å²) in [5.41, 5.74) is -1.86. The third kappa shape index (κ3) is 2.80. The summed E-state index contributed by atoms with van der Waals surface area (Å²) in [5, 5.41) is 0. The lowest BCUT2D eigenvalue weighted by Gasteiger charge is -2.08. The Kier molecular flexibility index (Phi) is 4.19. The summed E-state index contributed by atoms with van der Waals surface area (Å²) in [5.74, 6) is -1.22. The summed E-state index contributed by atoms with van der Waals surface area (Å²) in [6, 6.07) is 0.850. The summed E-state index contributed by atoms with van der Waals surface area (Å²) < 4.78 is 34.2. The number of alkyl halides is 2. The van der Waals surface area contributed by atoms with Crippen LogP contribution in [0.5, 0.6) is 5.75 Å². The third-order valence-electron chi connectivity index (χ3n) is 1.94. The number of ether oxygens (including phenoxy) is 2. The first-order chi connectivity index (χ1) is 8.01. The minimum absolute atomic E-state index is 0.0683. The van der Waals surface area contributed by atoms with Crippen LogP contribution in [0.25, 0.3) is 0 Å². The van der Waals surface area contributed by atoms with Gasteiger partial charge in [-0.1, -0.05) is 0 Å². The Hall–Kier alpha value is -1.92. The van der Waals surface area contributed by atoms with Gasteiger partial charge in [0.2, 0.25) is 0 Å². The number of nitrogens with one attached hydrogen (secondary N) is 1. The van der Waals surface area contributed by atoms with Gasteiger partial charge in [0.15, 0.2) is 5.75 Å². The van der Waals surface area contributed by atoms with Gasteiger partial charge >= 0.3 is 5.97 Å². The lowest BCUT2D eigenvalue weighted by molar-refractivity contribution is 0.0521. The molecule has 0 aliphatic carbocycles. The van der Waals surface area contributed by atoms with Crippen molar-refractivity contribution in [1.29, 1.82) is 0 Å². The highest BCUT2D eigenvalue weighted by atomic mass is 19.3. The molecule has 0 aliphatic heterocycles. The van der Waals surface area contributed by atoms with Gasteiger partial charge in [0, 0.05) is 0 Å². The van der Waals surface area contributed by atoms with Crippen molar-refractivity contribution in [1.82, 2.24) is 4.98 Å². The molecule has 0 radical (unpaired) electrons. The SMILES string of the molecule is CCOC(=O)c1cc(C(F)F)[nH]c(=O)c1OC. The van der Waals surface area contributed by atoms with Gasteiger partial charge in [-0.15, -0.1) is 0 Å². The monoisotopic (exact) mass is 247 g/mol. The number of pyridine rings is 1. The average molecular weight is 247 g/mol. The van der Waals surface area contributed by atoms with Gasteiger partial charge in [0.1, 0.15) is 5.56 Å². The zero-order chi connectivity index (χ0) is 13.0. The molecule has 0 aliphatic rings. The molecule has 1 N–H and O–H groups in total. The van der Waals surface area contributed by atoms with E-state index in [1.54, 1.807) is 6.92 Å². The van der Waals surface area contributed by atoms with Crippen molar-refractivity contribution in [3.05, 3.63) is 27.7 Å². The first kappa shape index (κ1) is 13.1. The van der Waals surface area contributed by atoms with E-state index in [0.29, 0.717) is 0 Å². The molecule has 0 amide bonds. The van der Waals surface area contributed by atoms with E-state index in [0.717, 1.165) is 13.2 Å². The van der Waals surface area contributed by atoms with E-state index in [1.807, 2.05) is 4.98 Å². The Morgan fingerprint density at radius 3 is 2.65 bits per heavy atom. The normalized spacial score (nSPS) is 10.4. The number of esters is 1. The zero-order valence-electron chi connectivity index (χ0n) is 9.25. The second-order valence-corrected chi connectivity index (χ2v) is 3.02. The maximum absolute atomic E-state index is 12.4. The summed E-state index contributed by atoms with van der Waals surface area (Å²) in [6.45, 7) is 1.63. The van der Waals surface area contributed by atoms with Crippen LogP contribution in [0.4, 0.5) is 8.78 Å². The highest BCUT2D eigenvalue weighted by molar-refractivity contribution is 5.92. The van der Waals surface area contributed by atoms with Gasteiger partial charge in [-0.05, 0) is 13.0 Å². The molecule has 0 fully saturated rings. The van der Waals surface area contributed by atoms with Crippen LogP contribution in [0.15, 0.2) is 10.9 Å². The highest BCUT2D eigenvalue weighted by Crippen LogP contribution is 2.21. The summed E-state index contributed by atoms with van der Waals surface area (Å²) in [7, 11) is 1.16. The van der Waals surface area contributed by atoms with E-state index in [4.69, 9.17) is 0 Å². The van der Waals surface area contributed by atoms with E-state index in [2.05, 4.69) is 9.47 Å². The van der Waals surface area contributed by atoms with Crippen molar-refractivity contribution in [3.8, 4) is 5.75 Å². The van der Waals surface area contributed by atoms with Gasteiger partial charge in [0.05, 0.1) is 19.4 Å². The van der Waals surface area contributed by atoms with Crippen molar-refractivity contribution in [3.63, 3.8) is 0 Å². The number of carbonyl (C=O) groups excluding carboxylic acids is 1. The van der Waals surface area contributed by atoms with Gasteiger partial charge in [-0.25, -0.2) is 13.6 Å². The van der Waals surface area contributed by atoms with Crippen molar-refractivity contribution in [2.24, 2.45) is 0 Å².